The minimum Gasteiger partial charge on any atom is -0.478 e. The predicted molar refractivity (Wildman–Crippen MR) is 133 cm³/mol. The van der Waals surface area contributed by atoms with Crippen molar-refractivity contribution in [3.8, 4) is 0 Å². The first kappa shape index (κ1) is 23.8. The maximum atomic E-state index is 13.1. The summed E-state index contributed by atoms with van der Waals surface area (Å²) >= 11 is 0. The van der Waals surface area contributed by atoms with Crippen LogP contribution in [0, 0.1) is 58.2 Å². The molecular formula is C30H42O5. The fourth-order valence-corrected chi connectivity index (χ4v) is 11.1. The zero-order valence-corrected chi connectivity index (χ0v) is 21.4. The van der Waals surface area contributed by atoms with Crippen LogP contribution in [0.1, 0.15) is 78.1 Å². The second-order valence-electron chi connectivity index (χ2n) is 13.7. The summed E-state index contributed by atoms with van der Waals surface area (Å²) in [5.41, 5.74) is 1.65. The van der Waals surface area contributed by atoms with E-state index in [4.69, 9.17) is 4.74 Å². The zero-order valence-electron chi connectivity index (χ0n) is 21.4. The lowest BCUT2D eigenvalue weighted by atomic mass is 9.36. The third-order valence-electron chi connectivity index (χ3n) is 12.0. The molecule has 0 amide bonds. The molecule has 0 aromatic carbocycles. The van der Waals surface area contributed by atoms with Crippen molar-refractivity contribution in [2.75, 3.05) is 13.2 Å². The molecule has 0 spiro atoms. The molecule has 35 heavy (non-hydrogen) atoms. The van der Waals surface area contributed by atoms with Gasteiger partial charge in [0.25, 0.3) is 0 Å². The van der Waals surface area contributed by atoms with Crippen molar-refractivity contribution in [1.82, 2.24) is 0 Å². The second kappa shape index (κ2) is 8.19. The third-order valence-corrected chi connectivity index (χ3v) is 12.0. The number of rotatable bonds is 8. The molecule has 0 aromatic heterocycles. The first-order valence-corrected chi connectivity index (χ1v) is 14.1. The van der Waals surface area contributed by atoms with Crippen LogP contribution in [0.5, 0.6) is 0 Å². The molecule has 0 saturated heterocycles. The summed E-state index contributed by atoms with van der Waals surface area (Å²) in [6.45, 7) is 8.30. The van der Waals surface area contributed by atoms with E-state index in [1.807, 2.05) is 0 Å². The number of hydrogen-bond acceptors (Lipinski definition) is 3. The van der Waals surface area contributed by atoms with Crippen LogP contribution in [-0.2, 0) is 14.3 Å². The standard InChI is InChI=1S/C30H42O5/c1-16(27(31)32)14-35-15-25(28(33)34)26(29-10-19-4-20(11-29)7-23(6-19)17(29)2)30-12-21-5-22(13-30)9-24(8-21)18(30)3/h17-24H,1,4-15H2,2-3H3,(H,31,32)(H,33,34). The minimum absolute atomic E-state index is 0.0140. The van der Waals surface area contributed by atoms with Gasteiger partial charge in [0.05, 0.1) is 24.4 Å². The van der Waals surface area contributed by atoms with E-state index in [2.05, 4.69) is 20.4 Å². The van der Waals surface area contributed by atoms with Crippen molar-refractivity contribution >= 4 is 11.9 Å². The molecule has 0 heterocycles. The van der Waals surface area contributed by atoms with Gasteiger partial charge < -0.3 is 14.9 Å². The molecule has 5 nitrogen and oxygen atoms in total. The molecule has 8 saturated carbocycles. The van der Waals surface area contributed by atoms with Crippen LogP contribution in [0.2, 0.25) is 0 Å². The molecule has 2 N–H and O–H groups in total. The molecule has 6 atom stereocenters. The smallest absolute Gasteiger partial charge is 0.333 e. The quantitative estimate of drug-likeness (QED) is 0.418. The molecule has 0 aliphatic heterocycles. The average molecular weight is 483 g/mol. The fourth-order valence-electron chi connectivity index (χ4n) is 11.1. The summed E-state index contributed by atoms with van der Waals surface area (Å²) in [6, 6.07) is 0. The highest BCUT2D eigenvalue weighted by molar-refractivity contribution is 5.89. The molecular weight excluding hydrogens is 440 g/mol. The monoisotopic (exact) mass is 482 g/mol. The molecule has 8 aliphatic carbocycles. The van der Waals surface area contributed by atoms with Crippen molar-refractivity contribution in [2.24, 2.45) is 58.2 Å². The Morgan fingerprint density at radius 2 is 1.17 bits per heavy atom. The van der Waals surface area contributed by atoms with Gasteiger partial charge in [-0.25, -0.2) is 9.59 Å². The van der Waals surface area contributed by atoms with Gasteiger partial charge in [0.2, 0.25) is 0 Å². The Balaban J connectivity index is 1.49. The Bertz CT molecular complexity index is 899. The largest absolute Gasteiger partial charge is 0.478 e. The number of carboxylic acids is 2. The highest BCUT2D eigenvalue weighted by Crippen LogP contribution is 2.74. The fraction of sp³-hybridized carbons (Fsp3) is 0.800. The van der Waals surface area contributed by atoms with Crippen LogP contribution in [-0.4, -0.2) is 35.4 Å². The second-order valence-corrected chi connectivity index (χ2v) is 13.7. The number of ether oxygens (including phenoxy) is 1. The lowest BCUT2D eigenvalue weighted by molar-refractivity contribution is -0.140. The number of aliphatic carboxylic acids is 2. The summed E-state index contributed by atoms with van der Waals surface area (Å²) < 4.78 is 5.84. The summed E-state index contributed by atoms with van der Waals surface area (Å²) in [5.74, 6) is 3.41. The lowest BCUT2D eigenvalue weighted by Crippen LogP contribution is -2.60. The summed E-state index contributed by atoms with van der Waals surface area (Å²) in [5, 5.41) is 20.0. The van der Waals surface area contributed by atoms with Crippen molar-refractivity contribution < 1.29 is 24.5 Å². The molecule has 8 fully saturated rings. The van der Waals surface area contributed by atoms with Gasteiger partial charge in [-0.1, -0.05) is 20.4 Å². The molecule has 8 bridgehead atoms. The third kappa shape index (κ3) is 3.50. The van der Waals surface area contributed by atoms with Gasteiger partial charge in [-0.05, 0) is 128 Å². The van der Waals surface area contributed by atoms with E-state index in [-0.39, 0.29) is 29.6 Å². The Morgan fingerprint density at radius 3 is 1.54 bits per heavy atom. The molecule has 192 valence electrons. The van der Waals surface area contributed by atoms with Crippen LogP contribution in [0.25, 0.3) is 0 Å². The van der Waals surface area contributed by atoms with E-state index in [9.17, 15) is 19.8 Å². The van der Waals surface area contributed by atoms with Gasteiger partial charge in [0.1, 0.15) is 0 Å². The highest BCUT2D eigenvalue weighted by atomic mass is 16.5. The molecule has 6 unspecified atom stereocenters. The van der Waals surface area contributed by atoms with E-state index in [0.717, 1.165) is 49.4 Å². The van der Waals surface area contributed by atoms with Crippen molar-refractivity contribution in [3.05, 3.63) is 23.3 Å². The average Bonchev–Trinajstić information content (AvgIpc) is 2.78. The van der Waals surface area contributed by atoms with Crippen LogP contribution in [0.15, 0.2) is 23.3 Å². The van der Waals surface area contributed by atoms with Crippen molar-refractivity contribution in [3.63, 3.8) is 0 Å². The Kier molecular flexibility index (Phi) is 5.56. The molecule has 5 heteroatoms. The first-order chi connectivity index (χ1) is 16.6. The van der Waals surface area contributed by atoms with Gasteiger partial charge in [0, 0.05) is 0 Å². The lowest BCUT2D eigenvalue weighted by Gasteiger charge is -2.69. The Hall–Kier alpha value is -1.62. The Labute approximate surface area is 209 Å². The number of hydrogen-bond donors (Lipinski definition) is 2. The van der Waals surface area contributed by atoms with Gasteiger partial charge >= 0.3 is 11.9 Å². The van der Waals surface area contributed by atoms with Gasteiger partial charge in [-0.15, -0.1) is 0 Å². The van der Waals surface area contributed by atoms with Crippen molar-refractivity contribution in [1.29, 1.82) is 0 Å². The van der Waals surface area contributed by atoms with Crippen LogP contribution < -0.4 is 0 Å². The Morgan fingerprint density at radius 1 is 0.743 bits per heavy atom. The molecule has 0 radical (unpaired) electrons. The summed E-state index contributed by atoms with van der Waals surface area (Å²) in [4.78, 5) is 24.4. The normalized spacial score (nSPS) is 46.6. The van der Waals surface area contributed by atoms with Crippen LogP contribution >= 0.6 is 0 Å². The molecule has 0 aromatic rings. The van der Waals surface area contributed by atoms with Gasteiger partial charge in [0.15, 0.2) is 0 Å². The van der Waals surface area contributed by atoms with Crippen molar-refractivity contribution in [2.45, 2.75) is 78.1 Å². The van der Waals surface area contributed by atoms with E-state index < -0.39 is 11.9 Å². The topological polar surface area (TPSA) is 83.8 Å². The number of carbonyl (C=O) groups is 2. The van der Waals surface area contributed by atoms with Crippen LogP contribution in [0.4, 0.5) is 0 Å². The maximum Gasteiger partial charge on any atom is 0.333 e. The number of carboxylic acid groups (broad SMARTS) is 2. The molecule has 8 aliphatic rings. The number of allylic oxidation sites excluding steroid dienone is 1. The van der Waals surface area contributed by atoms with E-state index in [0.29, 0.717) is 29.2 Å². The summed E-state index contributed by atoms with van der Waals surface area (Å²) in [7, 11) is 0. The van der Waals surface area contributed by atoms with Gasteiger partial charge in [-0.2, -0.15) is 0 Å². The van der Waals surface area contributed by atoms with Gasteiger partial charge in [-0.3, -0.25) is 0 Å². The SMILES string of the molecule is C=C(COCC(C(=O)O)=C(C12CC3CC(CC(C3)C1C)C2)C12CC3CC(CC(C3)C1C)C2)C(=O)O. The maximum absolute atomic E-state index is 13.1. The van der Waals surface area contributed by atoms with E-state index in [1.165, 1.54) is 44.1 Å². The van der Waals surface area contributed by atoms with E-state index >= 15 is 0 Å². The minimum atomic E-state index is -1.09. The summed E-state index contributed by atoms with van der Waals surface area (Å²) in [6.07, 6.45) is 12.5. The predicted octanol–water partition coefficient (Wildman–Crippen LogP) is 5.95. The highest BCUT2D eigenvalue weighted by Gasteiger charge is 2.65. The first-order valence-electron chi connectivity index (χ1n) is 14.1. The zero-order chi connectivity index (χ0) is 24.7. The van der Waals surface area contributed by atoms with E-state index in [1.54, 1.807) is 0 Å². The molecule has 8 rings (SSSR count). The van der Waals surface area contributed by atoms with Crippen LogP contribution in [0.3, 0.4) is 0 Å².